The van der Waals surface area contributed by atoms with E-state index >= 15 is 0 Å². The summed E-state index contributed by atoms with van der Waals surface area (Å²) in [6, 6.07) is 5.41. The number of nitrogen functional groups attached to an aromatic ring is 1. The topological polar surface area (TPSA) is 43.1 Å². The molecule has 0 amide bonds. The molecule has 2 rings (SSSR count). The molecule has 1 saturated carbocycles. The molecule has 94 valence electrons. The van der Waals surface area contributed by atoms with Gasteiger partial charge in [-0.25, -0.2) is 0 Å². The van der Waals surface area contributed by atoms with Crippen LogP contribution in [0.3, 0.4) is 0 Å². The van der Waals surface area contributed by atoms with Crippen LogP contribution in [0.1, 0.15) is 31.2 Å². The fourth-order valence-corrected chi connectivity index (χ4v) is 4.14. The van der Waals surface area contributed by atoms with E-state index in [0.717, 1.165) is 11.3 Å². The van der Waals surface area contributed by atoms with Gasteiger partial charge in [0.15, 0.2) is 0 Å². The average Bonchev–Trinajstić information content (AvgIpc) is 2.75. The Hall–Kier alpha value is -0.540. The highest BCUT2D eigenvalue weighted by Gasteiger charge is 2.18. The summed E-state index contributed by atoms with van der Waals surface area (Å²) in [5.74, 6) is 2.03. The van der Waals surface area contributed by atoms with E-state index in [2.05, 4.69) is 0 Å². The van der Waals surface area contributed by atoms with Gasteiger partial charge >= 0.3 is 0 Å². The Morgan fingerprint density at radius 2 is 2.06 bits per heavy atom. The first-order chi connectivity index (χ1) is 8.15. The monoisotopic (exact) mass is 271 g/mol. The van der Waals surface area contributed by atoms with Crippen molar-refractivity contribution in [2.24, 2.45) is 5.92 Å². The number of nitrogens with two attached hydrogens (primary N) is 1. The first-order valence-corrected chi connectivity index (χ1v) is 7.90. The highest BCUT2D eigenvalue weighted by atomic mass is 35.5. The number of hydrogen-bond acceptors (Lipinski definition) is 2. The third kappa shape index (κ3) is 3.71. The summed E-state index contributed by atoms with van der Waals surface area (Å²) >= 11 is 5.84. The lowest BCUT2D eigenvalue weighted by molar-refractivity contribution is 0.604. The molecule has 1 aliphatic carbocycles. The second-order valence-corrected chi connectivity index (χ2v) is 6.68. The quantitative estimate of drug-likeness (QED) is 0.854. The smallest absolute Gasteiger partial charge is 0.0506 e. The number of rotatable bonds is 4. The first kappa shape index (κ1) is 12.9. The van der Waals surface area contributed by atoms with Crippen LogP contribution in [0.4, 0.5) is 5.69 Å². The van der Waals surface area contributed by atoms with Crippen LogP contribution < -0.4 is 5.73 Å². The highest BCUT2D eigenvalue weighted by molar-refractivity contribution is 7.84. The summed E-state index contributed by atoms with van der Waals surface area (Å²) in [5.41, 5.74) is 7.46. The zero-order valence-electron chi connectivity index (χ0n) is 9.82. The minimum atomic E-state index is -0.801. The Morgan fingerprint density at radius 3 is 2.71 bits per heavy atom. The number of benzene rings is 1. The molecule has 1 atom stereocenters. The van der Waals surface area contributed by atoms with Crippen molar-refractivity contribution < 1.29 is 4.21 Å². The van der Waals surface area contributed by atoms with Gasteiger partial charge in [0.25, 0.3) is 0 Å². The van der Waals surface area contributed by atoms with E-state index in [0.29, 0.717) is 22.4 Å². The maximum absolute atomic E-state index is 12.0. The molecule has 0 aromatic heterocycles. The van der Waals surface area contributed by atoms with Gasteiger partial charge in [0, 0.05) is 27.3 Å². The number of anilines is 1. The van der Waals surface area contributed by atoms with E-state index in [1.54, 1.807) is 12.1 Å². The minimum absolute atomic E-state index is 0.555. The van der Waals surface area contributed by atoms with Crippen LogP contribution in [0.15, 0.2) is 18.2 Å². The molecule has 17 heavy (non-hydrogen) atoms. The minimum Gasteiger partial charge on any atom is -0.398 e. The van der Waals surface area contributed by atoms with Crippen LogP contribution >= 0.6 is 11.6 Å². The molecule has 2 N–H and O–H groups in total. The molecule has 0 aliphatic heterocycles. The van der Waals surface area contributed by atoms with Gasteiger partial charge < -0.3 is 5.73 Å². The third-order valence-electron chi connectivity index (χ3n) is 3.32. The Morgan fingerprint density at radius 1 is 1.35 bits per heavy atom. The summed E-state index contributed by atoms with van der Waals surface area (Å²) in [4.78, 5) is 0. The predicted octanol–water partition coefficient (Wildman–Crippen LogP) is 3.36. The van der Waals surface area contributed by atoms with Gasteiger partial charge in [-0.05, 0) is 36.5 Å². The van der Waals surface area contributed by atoms with Crippen molar-refractivity contribution in [3.8, 4) is 0 Å². The fraction of sp³-hybridized carbons (Fsp3) is 0.538. The lowest BCUT2D eigenvalue weighted by Gasteiger charge is -2.10. The standard InChI is InChI=1S/C13H18ClNOS/c14-12-6-5-11(13(15)7-12)9-17(16)8-10-3-1-2-4-10/h5-7,10H,1-4,8-9,15H2. The summed E-state index contributed by atoms with van der Waals surface area (Å²) in [6.45, 7) is 0. The van der Waals surface area contributed by atoms with E-state index in [-0.39, 0.29) is 0 Å². The van der Waals surface area contributed by atoms with Gasteiger partial charge in [-0.3, -0.25) is 4.21 Å². The van der Waals surface area contributed by atoms with Crippen molar-refractivity contribution in [1.82, 2.24) is 0 Å². The van der Waals surface area contributed by atoms with Crippen LogP contribution in [0.25, 0.3) is 0 Å². The summed E-state index contributed by atoms with van der Waals surface area (Å²) in [7, 11) is -0.801. The average molecular weight is 272 g/mol. The molecule has 1 fully saturated rings. The van der Waals surface area contributed by atoms with Crippen LogP contribution in [0, 0.1) is 5.92 Å². The molecule has 0 radical (unpaired) electrons. The molecule has 1 unspecified atom stereocenters. The zero-order valence-corrected chi connectivity index (χ0v) is 11.4. The Kier molecular flexibility index (Phi) is 4.46. The van der Waals surface area contributed by atoms with Crippen LogP contribution in [-0.2, 0) is 16.6 Å². The molecular formula is C13H18ClNOS. The Labute approximate surface area is 110 Å². The lowest BCUT2D eigenvalue weighted by atomic mass is 10.1. The first-order valence-electron chi connectivity index (χ1n) is 6.04. The van der Waals surface area contributed by atoms with Crippen LogP contribution in [-0.4, -0.2) is 9.96 Å². The second kappa shape index (κ2) is 5.87. The van der Waals surface area contributed by atoms with Gasteiger partial charge in [0.1, 0.15) is 0 Å². The molecule has 0 heterocycles. The normalized spacial score (nSPS) is 18.4. The predicted molar refractivity (Wildman–Crippen MR) is 74.5 cm³/mol. The van der Waals surface area contributed by atoms with Gasteiger partial charge in [0.2, 0.25) is 0 Å². The van der Waals surface area contributed by atoms with Gasteiger partial charge in [-0.15, -0.1) is 0 Å². The molecule has 4 heteroatoms. The van der Waals surface area contributed by atoms with Gasteiger partial charge in [-0.1, -0.05) is 30.5 Å². The lowest BCUT2D eigenvalue weighted by Crippen LogP contribution is -2.10. The van der Waals surface area contributed by atoms with Crippen molar-refractivity contribution in [1.29, 1.82) is 0 Å². The number of halogens is 1. The Bertz CT molecular complexity index is 416. The van der Waals surface area contributed by atoms with Gasteiger partial charge in [-0.2, -0.15) is 0 Å². The van der Waals surface area contributed by atoms with E-state index in [1.165, 1.54) is 25.7 Å². The molecule has 1 aromatic carbocycles. The summed E-state index contributed by atoms with van der Waals surface area (Å²) in [6.07, 6.45) is 5.07. The summed E-state index contributed by atoms with van der Waals surface area (Å²) < 4.78 is 12.0. The SMILES string of the molecule is Nc1cc(Cl)ccc1CS(=O)CC1CCCC1. The molecular weight excluding hydrogens is 254 g/mol. The maximum atomic E-state index is 12.0. The van der Waals surface area contributed by atoms with Crippen LogP contribution in [0.2, 0.25) is 5.02 Å². The summed E-state index contributed by atoms with van der Waals surface area (Å²) in [5, 5.41) is 0.632. The largest absolute Gasteiger partial charge is 0.398 e. The van der Waals surface area contributed by atoms with Crippen molar-refractivity contribution in [2.45, 2.75) is 31.4 Å². The highest BCUT2D eigenvalue weighted by Crippen LogP contribution is 2.26. The van der Waals surface area contributed by atoms with E-state index in [9.17, 15) is 4.21 Å². The van der Waals surface area contributed by atoms with Crippen molar-refractivity contribution in [3.63, 3.8) is 0 Å². The zero-order chi connectivity index (χ0) is 12.3. The maximum Gasteiger partial charge on any atom is 0.0506 e. The molecule has 0 saturated heterocycles. The fourth-order valence-electron chi connectivity index (χ4n) is 2.37. The molecule has 1 aliphatic rings. The molecule has 2 nitrogen and oxygen atoms in total. The van der Waals surface area contributed by atoms with E-state index in [1.807, 2.05) is 6.07 Å². The molecule has 1 aromatic rings. The number of hydrogen-bond donors (Lipinski definition) is 1. The molecule has 0 bridgehead atoms. The van der Waals surface area contributed by atoms with E-state index in [4.69, 9.17) is 17.3 Å². The van der Waals surface area contributed by atoms with Crippen molar-refractivity contribution in [3.05, 3.63) is 28.8 Å². The van der Waals surface area contributed by atoms with Crippen LogP contribution in [0.5, 0.6) is 0 Å². The molecule has 0 spiro atoms. The second-order valence-electron chi connectivity index (χ2n) is 4.74. The van der Waals surface area contributed by atoms with Crippen molar-refractivity contribution >= 4 is 28.1 Å². The van der Waals surface area contributed by atoms with Gasteiger partial charge in [0.05, 0.1) is 5.75 Å². The van der Waals surface area contributed by atoms with Crippen molar-refractivity contribution in [2.75, 3.05) is 11.5 Å². The Balaban J connectivity index is 1.93. The third-order valence-corrected chi connectivity index (χ3v) is 5.03. The van der Waals surface area contributed by atoms with E-state index < -0.39 is 10.8 Å².